The van der Waals surface area contributed by atoms with Crippen LogP contribution < -0.4 is 20.4 Å². The molecule has 5 aromatic rings. The number of hydrogen-bond donors (Lipinski definition) is 2. The molecule has 74 heavy (non-hydrogen) atoms. The van der Waals surface area contributed by atoms with Gasteiger partial charge in [-0.1, -0.05) is 30.7 Å². The molecule has 17 nitrogen and oxygen atoms in total. The van der Waals surface area contributed by atoms with Crippen LogP contribution in [0.3, 0.4) is 0 Å². The fourth-order valence-electron chi connectivity index (χ4n) is 13.1. The molecule has 0 radical (unpaired) electrons. The highest BCUT2D eigenvalue weighted by Crippen LogP contribution is 2.52. The predicted molar refractivity (Wildman–Crippen MR) is 277 cm³/mol. The number of para-hydroxylation sites is 1. The zero-order valence-corrected chi connectivity index (χ0v) is 42.3. The molecule has 1 unspecified atom stereocenters. The smallest absolute Gasteiger partial charge is 0.238 e. The fourth-order valence-corrected chi connectivity index (χ4v) is 13.1. The molecule has 0 bridgehead atoms. The maximum absolute atomic E-state index is 15.3. The van der Waals surface area contributed by atoms with Gasteiger partial charge in [-0.2, -0.15) is 0 Å². The molecular formula is C56H65FN12O5. The maximum atomic E-state index is 15.3. The molecule has 5 saturated heterocycles. The summed E-state index contributed by atoms with van der Waals surface area (Å²) in [5.41, 5.74) is 5.18. The summed E-state index contributed by atoms with van der Waals surface area (Å²) in [7, 11) is 0. The van der Waals surface area contributed by atoms with E-state index in [9.17, 15) is 19.2 Å². The molecule has 1 saturated carbocycles. The summed E-state index contributed by atoms with van der Waals surface area (Å²) in [6.07, 6.45) is 14.4. The van der Waals surface area contributed by atoms with Crippen molar-refractivity contribution in [1.82, 2.24) is 44.5 Å². The second kappa shape index (κ2) is 19.5. The Hall–Kier alpha value is -6.82. The quantitative estimate of drug-likeness (QED) is 0.139. The number of carbonyl (C=O) groups is 5. The van der Waals surface area contributed by atoms with Gasteiger partial charge in [0.05, 0.1) is 40.5 Å². The number of benzene rings is 2. The Balaban J connectivity index is 0.729. The number of piperidine rings is 4. The van der Waals surface area contributed by atoms with E-state index in [1.54, 1.807) is 36.9 Å². The SMILES string of the molecule is CC(C)n1cnc2cc(-c3ccc4c(c3)N(C3CC(N5CCCCC5)C3)C(=O)C43CCN(C(=O)[C@@H]4CCN(C(=O)C5CCN(c6ncc(C7CCC(=O)NC7=O)cn6)CC5)C4)CC3)nc(Nc3ccccc3F)c21. The third-order valence-corrected chi connectivity index (χ3v) is 17.5. The van der Waals surface area contributed by atoms with Gasteiger partial charge in [-0.25, -0.2) is 24.3 Å². The Morgan fingerprint density at radius 2 is 1.53 bits per heavy atom. The van der Waals surface area contributed by atoms with Crippen LogP contribution in [-0.4, -0.2) is 133 Å². The Kier molecular flexibility index (Phi) is 12.7. The first-order valence-corrected chi connectivity index (χ1v) is 27.0. The van der Waals surface area contributed by atoms with Crippen molar-refractivity contribution in [1.29, 1.82) is 0 Å². The van der Waals surface area contributed by atoms with Crippen molar-refractivity contribution in [3.8, 4) is 11.3 Å². The van der Waals surface area contributed by atoms with Gasteiger partial charge in [0.2, 0.25) is 35.5 Å². The van der Waals surface area contributed by atoms with Crippen molar-refractivity contribution in [3.63, 3.8) is 0 Å². The van der Waals surface area contributed by atoms with E-state index in [1.807, 2.05) is 20.4 Å². The number of anilines is 4. The molecule has 2 aromatic carbocycles. The van der Waals surface area contributed by atoms with Gasteiger partial charge in [-0.15, -0.1) is 0 Å². The number of pyridine rings is 1. The average molecular weight is 1010 g/mol. The zero-order chi connectivity index (χ0) is 50.8. The molecule has 3 aromatic heterocycles. The topological polar surface area (TPSA) is 182 Å². The molecule has 9 heterocycles. The highest BCUT2D eigenvalue weighted by molar-refractivity contribution is 6.09. The number of likely N-dealkylation sites (tertiary alicyclic amines) is 3. The normalized spacial score (nSPS) is 24.5. The first kappa shape index (κ1) is 48.1. The third kappa shape index (κ3) is 8.65. The number of imide groups is 1. The third-order valence-electron chi connectivity index (χ3n) is 17.5. The summed E-state index contributed by atoms with van der Waals surface area (Å²) < 4.78 is 17.1. The number of rotatable bonds is 10. The van der Waals surface area contributed by atoms with Crippen molar-refractivity contribution < 1.29 is 28.4 Å². The Bertz CT molecular complexity index is 3010. The lowest BCUT2D eigenvalue weighted by Gasteiger charge is -2.48. The molecule has 5 amide bonds. The number of fused-ring (bicyclic) bond motifs is 3. The maximum Gasteiger partial charge on any atom is 0.238 e. The highest BCUT2D eigenvalue weighted by atomic mass is 19.1. The lowest BCUT2D eigenvalue weighted by atomic mass is 9.73. The lowest BCUT2D eigenvalue weighted by Crippen LogP contribution is -2.58. The summed E-state index contributed by atoms with van der Waals surface area (Å²) in [5.74, 6) is -0.513. The molecule has 6 aliphatic heterocycles. The van der Waals surface area contributed by atoms with Crippen LogP contribution in [0.25, 0.3) is 22.3 Å². The summed E-state index contributed by atoms with van der Waals surface area (Å²) >= 11 is 0. The minimum absolute atomic E-state index is 0.0604. The Morgan fingerprint density at radius 1 is 0.797 bits per heavy atom. The van der Waals surface area contributed by atoms with E-state index >= 15 is 9.18 Å². The van der Waals surface area contributed by atoms with Crippen LogP contribution in [0.1, 0.15) is 114 Å². The number of nitrogens with one attached hydrogen (secondary N) is 2. The van der Waals surface area contributed by atoms with E-state index in [2.05, 4.69) is 67.3 Å². The number of hydrogen-bond acceptors (Lipinski definition) is 12. The van der Waals surface area contributed by atoms with Gasteiger partial charge in [0.1, 0.15) is 11.3 Å². The number of amides is 5. The van der Waals surface area contributed by atoms with Crippen molar-refractivity contribution >= 4 is 63.7 Å². The predicted octanol–water partition coefficient (Wildman–Crippen LogP) is 6.86. The van der Waals surface area contributed by atoms with E-state index in [1.165, 1.54) is 25.3 Å². The van der Waals surface area contributed by atoms with E-state index in [4.69, 9.17) is 9.97 Å². The molecule has 2 N–H and O–H groups in total. The number of halogens is 1. The van der Waals surface area contributed by atoms with Crippen LogP contribution in [-0.2, 0) is 29.4 Å². The molecule has 386 valence electrons. The van der Waals surface area contributed by atoms with Crippen molar-refractivity contribution in [2.24, 2.45) is 11.8 Å². The monoisotopic (exact) mass is 1000 g/mol. The second-order valence-electron chi connectivity index (χ2n) is 22.1. The molecule has 12 rings (SSSR count). The van der Waals surface area contributed by atoms with Gasteiger partial charge in [0.15, 0.2) is 5.82 Å². The number of nitrogens with zero attached hydrogens (tertiary/aromatic N) is 10. The number of aromatic nitrogens is 5. The molecular weight excluding hydrogens is 940 g/mol. The zero-order valence-electron chi connectivity index (χ0n) is 42.3. The van der Waals surface area contributed by atoms with Gasteiger partial charge < -0.3 is 34.4 Å². The summed E-state index contributed by atoms with van der Waals surface area (Å²) in [6.45, 7) is 9.48. The average Bonchev–Trinajstić information content (AvgIpc) is 4.14. The van der Waals surface area contributed by atoms with Crippen LogP contribution in [0.2, 0.25) is 0 Å². The van der Waals surface area contributed by atoms with Gasteiger partial charge in [0, 0.05) is 98.9 Å². The largest absolute Gasteiger partial charge is 0.342 e. The van der Waals surface area contributed by atoms with Crippen molar-refractivity contribution in [3.05, 3.63) is 84.2 Å². The summed E-state index contributed by atoms with van der Waals surface area (Å²) in [4.78, 5) is 97.1. The van der Waals surface area contributed by atoms with Crippen LogP contribution in [0.4, 0.5) is 27.5 Å². The first-order chi connectivity index (χ1) is 35.9. The van der Waals surface area contributed by atoms with E-state index in [0.29, 0.717) is 113 Å². The number of carbonyl (C=O) groups excluding carboxylic acids is 5. The molecule has 1 aliphatic carbocycles. The van der Waals surface area contributed by atoms with Crippen LogP contribution >= 0.6 is 0 Å². The number of imidazole rings is 1. The molecule has 2 atom stereocenters. The molecule has 18 heteroatoms. The van der Waals surface area contributed by atoms with Gasteiger partial charge in [0.25, 0.3) is 0 Å². The second-order valence-corrected chi connectivity index (χ2v) is 22.1. The van der Waals surface area contributed by atoms with Crippen LogP contribution in [0.5, 0.6) is 0 Å². The minimum Gasteiger partial charge on any atom is -0.342 e. The van der Waals surface area contributed by atoms with E-state index in [0.717, 1.165) is 53.8 Å². The van der Waals surface area contributed by atoms with E-state index < -0.39 is 11.3 Å². The molecule has 6 fully saturated rings. The van der Waals surface area contributed by atoms with Crippen molar-refractivity contribution in [2.75, 3.05) is 67.5 Å². The molecule has 7 aliphatic rings. The van der Waals surface area contributed by atoms with Gasteiger partial charge in [-0.05, 0) is 121 Å². The van der Waals surface area contributed by atoms with E-state index in [-0.39, 0.29) is 65.7 Å². The van der Waals surface area contributed by atoms with Crippen LogP contribution in [0, 0.1) is 17.7 Å². The summed E-state index contributed by atoms with van der Waals surface area (Å²) in [6, 6.07) is 15.5. The molecule has 1 spiro atoms. The van der Waals surface area contributed by atoms with Gasteiger partial charge in [-0.3, -0.25) is 29.3 Å². The van der Waals surface area contributed by atoms with Crippen molar-refractivity contribution in [2.45, 2.75) is 120 Å². The van der Waals surface area contributed by atoms with Crippen LogP contribution in [0.15, 0.2) is 67.3 Å². The van der Waals surface area contributed by atoms with Gasteiger partial charge >= 0.3 is 0 Å². The summed E-state index contributed by atoms with van der Waals surface area (Å²) in [5, 5.41) is 5.67. The Labute approximate surface area is 430 Å². The Morgan fingerprint density at radius 3 is 2.26 bits per heavy atom. The minimum atomic E-state index is -0.765. The standard InChI is InChI=1S/C56H65FN12O5/c1-34(2)68-33-60-46-29-45(62-50(49(46)68)61-44-9-5-4-8-43(44)57)36-10-12-42-47(26-36)69(40-27-39(28-40)64-19-6-3-7-20-64)54(74)56(42)17-24-65(25-18-56)53(73)37-16-23-67(32-37)52(72)35-14-21-66(22-15-35)55-58-30-38(31-59-55)41-11-13-48(70)63-51(41)71/h4-5,8-10,12,26,29-31,33-35,37,39-41H,3,6-7,11,13-25,27-28,32H2,1-2H3,(H,61,62)(H,63,70,71)/t37-,39?,40?,41?/m1/s1. The first-order valence-electron chi connectivity index (χ1n) is 27.0. The highest BCUT2D eigenvalue weighted by Gasteiger charge is 2.56. The lowest BCUT2D eigenvalue weighted by molar-refractivity contribution is -0.140. The fraction of sp³-hybridized carbons (Fsp3) is 0.518.